The van der Waals surface area contributed by atoms with E-state index < -0.39 is 0 Å². The van der Waals surface area contributed by atoms with Crippen molar-refractivity contribution in [2.45, 2.75) is 136 Å². The van der Waals surface area contributed by atoms with Crippen LogP contribution in [-0.4, -0.2) is 23.3 Å². The lowest BCUT2D eigenvalue weighted by Crippen LogP contribution is -2.61. The van der Waals surface area contributed by atoms with E-state index in [2.05, 4.69) is 41.5 Å². The summed E-state index contributed by atoms with van der Waals surface area (Å²) in [7, 11) is 0. The molecular weight excluding hydrogens is 408 g/mol. The van der Waals surface area contributed by atoms with Crippen LogP contribution in [0.2, 0.25) is 0 Å². The zero-order valence-corrected chi connectivity index (χ0v) is 22.5. The quantitative estimate of drug-likeness (QED) is 0.304. The summed E-state index contributed by atoms with van der Waals surface area (Å²) in [6.07, 6.45) is 14.5. The van der Waals surface area contributed by atoms with Gasteiger partial charge >= 0.3 is 5.97 Å². The Morgan fingerprint density at radius 2 is 1.70 bits per heavy atom. The fraction of sp³-hybridized carbons (Fsp3) is 0.967. The third-order valence-corrected chi connectivity index (χ3v) is 12.2. The molecule has 0 aromatic heterocycles. The Balaban J connectivity index is 1.32. The smallest absolute Gasteiger partial charge is 0.303 e. The maximum atomic E-state index is 11.8. The average molecular weight is 459 g/mol. The molecule has 5 fully saturated rings. The van der Waals surface area contributed by atoms with Gasteiger partial charge in [-0.05, 0) is 99.2 Å². The summed E-state index contributed by atoms with van der Waals surface area (Å²) >= 11 is 0. The molecule has 3 heteroatoms. The van der Waals surface area contributed by atoms with Gasteiger partial charge in [-0.2, -0.15) is 0 Å². The Bertz CT molecular complexity index is 777. The van der Waals surface area contributed by atoms with E-state index in [4.69, 9.17) is 9.47 Å². The number of hydrogen-bond acceptors (Lipinski definition) is 3. The molecular formula is C30H50O3. The van der Waals surface area contributed by atoms with Crippen molar-refractivity contribution in [3.8, 4) is 0 Å². The van der Waals surface area contributed by atoms with E-state index in [0.717, 1.165) is 48.3 Å². The van der Waals surface area contributed by atoms with E-state index in [1.807, 2.05) is 0 Å². The Morgan fingerprint density at radius 1 is 0.939 bits per heavy atom. The first-order valence-electron chi connectivity index (χ1n) is 14.4. The molecule has 0 unspecified atom stereocenters. The number of carbonyl (C=O) groups excluding carboxylic acids is 1. The molecule has 0 aromatic carbocycles. The second-order valence-electron chi connectivity index (χ2n) is 14.0. The second-order valence-corrected chi connectivity index (χ2v) is 14.0. The molecule has 0 N–H and O–H groups in total. The van der Waals surface area contributed by atoms with Gasteiger partial charge in [-0.25, -0.2) is 0 Å². The molecule has 4 aliphatic carbocycles. The predicted molar refractivity (Wildman–Crippen MR) is 133 cm³/mol. The Labute approximate surface area is 203 Å². The van der Waals surface area contributed by atoms with Gasteiger partial charge in [-0.15, -0.1) is 0 Å². The Hall–Kier alpha value is -0.570. The fourth-order valence-corrected chi connectivity index (χ4v) is 10.6. The minimum Gasteiger partial charge on any atom is -0.459 e. The number of ether oxygens (including phenoxy) is 2. The minimum atomic E-state index is -0.263. The summed E-state index contributed by atoms with van der Waals surface area (Å²) < 4.78 is 12.5. The molecule has 188 valence electrons. The SMILES string of the molecule is CC(=O)O[C@H]1CC[C@]2(C)[C@H]3CC[C@]4(C)[C@@H]([C@@H](C)CCCC(C)C)CC[C@H]4[C@@H]3CC[C@@]23O[C@@]13C. The van der Waals surface area contributed by atoms with E-state index in [1.165, 1.54) is 57.8 Å². The van der Waals surface area contributed by atoms with Crippen LogP contribution >= 0.6 is 0 Å². The number of esters is 1. The van der Waals surface area contributed by atoms with Crippen LogP contribution in [0.25, 0.3) is 0 Å². The summed E-state index contributed by atoms with van der Waals surface area (Å²) in [6, 6.07) is 0. The summed E-state index contributed by atoms with van der Waals surface area (Å²) in [5, 5.41) is 0. The van der Waals surface area contributed by atoms with Gasteiger partial charge in [-0.3, -0.25) is 4.79 Å². The zero-order chi connectivity index (χ0) is 23.8. The number of carbonyl (C=O) groups is 1. The Kier molecular flexibility index (Phi) is 5.83. The van der Waals surface area contributed by atoms with E-state index in [1.54, 1.807) is 6.92 Å². The van der Waals surface area contributed by atoms with E-state index >= 15 is 0 Å². The van der Waals surface area contributed by atoms with Crippen molar-refractivity contribution in [1.29, 1.82) is 0 Å². The van der Waals surface area contributed by atoms with Crippen molar-refractivity contribution in [1.82, 2.24) is 0 Å². The second kappa shape index (κ2) is 7.97. The van der Waals surface area contributed by atoms with Gasteiger partial charge < -0.3 is 9.47 Å². The van der Waals surface area contributed by atoms with Crippen molar-refractivity contribution in [2.75, 3.05) is 0 Å². The molecule has 33 heavy (non-hydrogen) atoms. The third-order valence-electron chi connectivity index (χ3n) is 12.2. The topological polar surface area (TPSA) is 38.8 Å². The third kappa shape index (κ3) is 3.33. The summed E-state index contributed by atoms with van der Waals surface area (Å²) in [6.45, 7) is 16.3. The fourth-order valence-electron chi connectivity index (χ4n) is 10.6. The van der Waals surface area contributed by atoms with Crippen LogP contribution < -0.4 is 0 Å². The minimum absolute atomic E-state index is 0.0592. The zero-order valence-electron chi connectivity index (χ0n) is 22.5. The predicted octanol–water partition coefficient (Wildman–Crippen LogP) is 7.56. The highest BCUT2D eigenvalue weighted by Gasteiger charge is 2.83. The van der Waals surface area contributed by atoms with Crippen molar-refractivity contribution in [3.05, 3.63) is 0 Å². The summed E-state index contributed by atoms with van der Waals surface area (Å²) in [5.74, 6) is 5.01. The lowest BCUT2D eigenvalue weighted by Gasteiger charge is -2.60. The molecule has 4 saturated carbocycles. The molecule has 3 nitrogen and oxygen atoms in total. The van der Waals surface area contributed by atoms with Crippen LogP contribution in [0.3, 0.4) is 0 Å². The molecule has 10 atom stereocenters. The van der Waals surface area contributed by atoms with Crippen molar-refractivity contribution >= 4 is 5.97 Å². The van der Waals surface area contributed by atoms with Crippen LogP contribution in [0.1, 0.15) is 119 Å². The van der Waals surface area contributed by atoms with E-state index in [9.17, 15) is 4.79 Å². The van der Waals surface area contributed by atoms with Gasteiger partial charge in [0.1, 0.15) is 17.3 Å². The first-order chi connectivity index (χ1) is 15.5. The monoisotopic (exact) mass is 458 g/mol. The number of rotatable bonds is 6. The maximum Gasteiger partial charge on any atom is 0.303 e. The number of fused-ring (bicyclic) bond motifs is 4. The molecule has 5 aliphatic rings. The molecule has 1 aliphatic heterocycles. The van der Waals surface area contributed by atoms with Crippen LogP contribution in [-0.2, 0) is 14.3 Å². The first kappa shape index (κ1) is 24.1. The van der Waals surface area contributed by atoms with Gasteiger partial charge in [0, 0.05) is 12.3 Å². The van der Waals surface area contributed by atoms with Crippen molar-refractivity contribution < 1.29 is 14.3 Å². The molecule has 0 radical (unpaired) electrons. The number of hydrogen-bond donors (Lipinski definition) is 0. The lowest BCUT2D eigenvalue weighted by atomic mass is 9.43. The van der Waals surface area contributed by atoms with E-state index in [-0.39, 0.29) is 28.7 Å². The highest BCUT2D eigenvalue weighted by molar-refractivity contribution is 5.66. The highest BCUT2D eigenvalue weighted by atomic mass is 16.7. The first-order valence-corrected chi connectivity index (χ1v) is 14.4. The van der Waals surface area contributed by atoms with Crippen molar-refractivity contribution in [3.63, 3.8) is 0 Å². The maximum absolute atomic E-state index is 11.8. The van der Waals surface area contributed by atoms with Crippen LogP contribution in [0.4, 0.5) is 0 Å². The number of epoxide rings is 1. The molecule has 0 aromatic rings. The van der Waals surface area contributed by atoms with Gasteiger partial charge in [0.05, 0.1) is 0 Å². The highest BCUT2D eigenvalue weighted by Crippen LogP contribution is 2.77. The molecule has 0 amide bonds. The van der Waals surface area contributed by atoms with E-state index in [0.29, 0.717) is 5.41 Å². The van der Waals surface area contributed by atoms with Crippen LogP contribution in [0.5, 0.6) is 0 Å². The largest absolute Gasteiger partial charge is 0.459 e. The van der Waals surface area contributed by atoms with Gasteiger partial charge in [0.2, 0.25) is 0 Å². The van der Waals surface area contributed by atoms with Crippen LogP contribution in [0.15, 0.2) is 0 Å². The molecule has 1 heterocycles. The lowest BCUT2D eigenvalue weighted by molar-refractivity contribution is -0.156. The normalized spacial score (nSPS) is 51.2. The van der Waals surface area contributed by atoms with Gasteiger partial charge in [0.15, 0.2) is 0 Å². The average Bonchev–Trinajstić information content (AvgIpc) is 3.21. The molecule has 1 saturated heterocycles. The van der Waals surface area contributed by atoms with Crippen molar-refractivity contribution in [2.24, 2.45) is 46.3 Å². The standard InChI is InChI=1S/C30H50O3/c1-19(2)9-8-10-20(3)23-11-12-24-22-13-18-30-28(6,25(22)14-16-27(23,24)5)17-15-26(32-21(4)31)29(30,7)33-30/h19-20,22-26H,8-18H2,1-7H3/t20-,22-,23+,24-,25-,26-,27+,28+,29-,30+/m0/s1. The van der Waals surface area contributed by atoms with Gasteiger partial charge in [-0.1, -0.05) is 53.9 Å². The molecule has 5 rings (SSSR count). The Morgan fingerprint density at radius 3 is 2.39 bits per heavy atom. The molecule has 0 bridgehead atoms. The summed E-state index contributed by atoms with van der Waals surface area (Å²) in [5.41, 5.74) is 0.460. The van der Waals surface area contributed by atoms with Gasteiger partial charge in [0.25, 0.3) is 0 Å². The summed E-state index contributed by atoms with van der Waals surface area (Å²) in [4.78, 5) is 11.8. The van der Waals surface area contributed by atoms with Crippen LogP contribution in [0, 0.1) is 46.3 Å². The molecule has 1 spiro atoms.